The summed E-state index contributed by atoms with van der Waals surface area (Å²) in [7, 11) is 0. The molecule has 0 saturated carbocycles. The van der Waals surface area contributed by atoms with Gasteiger partial charge in [-0.2, -0.15) is 0 Å². The number of aryl methyl sites for hydroxylation is 4. The molecular formula is C23H21FN2OS2. The van der Waals surface area contributed by atoms with E-state index in [1.807, 2.05) is 45.0 Å². The number of hydrogen-bond acceptors (Lipinski definition) is 4. The van der Waals surface area contributed by atoms with Crippen molar-refractivity contribution in [2.75, 3.05) is 0 Å². The Balaban J connectivity index is 1.89. The zero-order valence-electron chi connectivity index (χ0n) is 16.7. The van der Waals surface area contributed by atoms with Gasteiger partial charge in [0, 0.05) is 10.6 Å². The average molecular weight is 425 g/mol. The monoisotopic (exact) mass is 424 g/mol. The van der Waals surface area contributed by atoms with Crippen LogP contribution in [0.3, 0.4) is 0 Å². The molecule has 2 aromatic heterocycles. The summed E-state index contributed by atoms with van der Waals surface area (Å²) in [5.41, 5.74) is 4.89. The van der Waals surface area contributed by atoms with E-state index in [9.17, 15) is 9.18 Å². The molecule has 0 aliphatic rings. The van der Waals surface area contributed by atoms with Gasteiger partial charge in [0.05, 0.1) is 11.1 Å². The van der Waals surface area contributed by atoms with Crippen molar-refractivity contribution < 1.29 is 4.39 Å². The standard InChI is InChI=1S/C23H21FN2OS2/c1-13-8-9-19(10-14(13)2)26-22(27)20-15(3)16(4)29-21(20)25-23(26)28-12-17-6-5-7-18(24)11-17/h5-11H,12H2,1-4H3. The molecule has 4 rings (SSSR count). The van der Waals surface area contributed by atoms with Gasteiger partial charge in [0.25, 0.3) is 5.56 Å². The fourth-order valence-corrected chi connectivity index (χ4v) is 5.27. The first-order chi connectivity index (χ1) is 13.8. The summed E-state index contributed by atoms with van der Waals surface area (Å²) in [5, 5.41) is 1.30. The van der Waals surface area contributed by atoms with Gasteiger partial charge in [-0.1, -0.05) is 30.0 Å². The van der Waals surface area contributed by atoms with E-state index in [1.165, 1.54) is 29.5 Å². The van der Waals surface area contributed by atoms with Crippen LogP contribution in [0.1, 0.15) is 27.1 Å². The fourth-order valence-electron chi connectivity index (χ4n) is 3.24. The second-order valence-corrected chi connectivity index (χ2v) is 9.33. The van der Waals surface area contributed by atoms with Crippen molar-refractivity contribution in [1.29, 1.82) is 0 Å². The summed E-state index contributed by atoms with van der Waals surface area (Å²) in [5.74, 6) is 0.270. The summed E-state index contributed by atoms with van der Waals surface area (Å²) in [6.45, 7) is 8.08. The number of hydrogen-bond donors (Lipinski definition) is 0. The summed E-state index contributed by atoms with van der Waals surface area (Å²) in [6.07, 6.45) is 0. The Labute approximate surface area is 177 Å². The van der Waals surface area contributed by atoms with Crippen LogP contribution in [0.4, 0.5) is 4.39 Å². The van der Waals surface area contributed by atoms with E-state index in [4.69, 9.17) is 4.98 Å². The van der Waals surface area contributed by atoms with E-state index >= 15 is 0 Å². The maximum atomic E-state index is 13.6. The topological polar surface area (TPSA) is 34.9 Å². The van der Waals surface area contributed by atoms with Gasteiger partial charge in [0.1, 0.15) is 10.6 Å². The van der Waals surface area contributed by atoms with Gasteiger partial charge in [-0.25, -0.2) is 9.37 Å². The van der Waals surface area contributed by atoms with E-state index in [1.54, 1.807) is 22.0 Å². The summed E-state index contributed by atoms with van der Waals surface area (Å²) in [4.78, 5) is 20.2. The number of aromatic nitrogens is 2. The molecule has 6 heteroatoms. The minimum absolute atomic E-state index is 0.0538. The molecule has 0 bridgehead atoms. The summed E-state index contributed by atoms with van der Waals surface area (Å²) >= 11 is 2.99. The van der Waals surface area contributed by atoms with Crippen LogP contribution in [-0.4, -0.2) is 9.55 Å². The second kappa shape index (κ2) is 7.76. The highest BCUT2D eigenvalue weighted by atomic mass is 32.2. The molecule has 0 fully saturated rings. The lowest BCUT2D eigenvalue weighted by molar-refractivity contribution is 0.626. The van der Waals surface area contributed by atoms with Crippen LogP contribution in [0.2, 0.25) is 0 Å². The van der Waals surface area contributed by atoms with Crippen LogP contribution < -0.4 is 5.56 Å². The van der Waals surface area contributed by atoms with Gasteiger partial charge in [0.15, 0.2) is 5.16 Å². The van der Waals surface area contributed by atoms with Crippen molar-refractivity contribution in [3.63, 3.8) is 0 Å². The SMILES string of the molecule is Cc1ccc(-n2c(SCc3cccc(F)c3)nc3sc(C)c(C)c3c2=O)cc1C. The molecule has 0 aliphatic heterocycles. The Hall–Kier alpha value is -2.44. The Kier molecular flexibility index (Phi) is 5.32. The van der Waals surface area contributed by atoms with Crippen molar-refractivity contribution in [1.82, 2.24) is 9.55 Å². The maximum absolute atomic E-state index is 13.6. The van der Waals surface area contributed by atoms with Crippen LogP contribution in [0.5, 0.6) is 0 Å². The first-order valence-corrected chi connectivity index (χ1v) is 11.1. The van der Waals surface area contributed by atoms with Gasteiger partial charge >= 0.3 is 0 Å². The van der Waals surface area contributed by atoms with Crippen LogP contribution in [0.15, 0.2) is 52.4 Å². The first kappa shape index (κ1) is 19.9. The van der Waals surface area contributed by atoms with Crippen molar-refractivity contribution in [2.45, 2.75) is 38.6 Å². The fraction of sp³-hybridized carbons (Fsp3) is 0.217. The third-order valence-corrected chi connectivity index (χ3v) is 7.29. The first-order valence-electron chi connectivity index (χ1n) is 9.33. The number of fused-ring (bicyclic) bond motifs is 1. The van der Waals surface area contributed by atoms with Crippen LogP contribution in [-0.2, 0) is 5.75 Å². The minimum atomic E-state index is -0.262. The highest BCUT2D eigenvalue weighted by Gasteiger charge is 2.18. The number of rotatable bonds is 4. The summed E-state index contributed by atoms with van der Waals surface area (Å²) < 4.78 is 15.3. The van der Waals surface area contributed by atoms with E-state index in [2.05, 4.69) is 6.92 Å². The van der Waals surface area contributed by atoms with Gasteiger partial charge < -0.3 is 0 Å². The van der Waals surface area contributed by atoms with Crippen LogP contribution in [0.25, 0.3) is 15.9 Å². The lowest BCUT2D eigenvalue weighted by Gasteiger charge is -2.14. The normalized spacial score (nSPS) is 11.3. The Bertz CT molecular complexity index is 1290. The van der Waals surface area contributed by atoms with Gasteiger partial charge in [-0.15, -0.1) is 11.3 Å². The Morgan fingerprint density at radius 1 is 1.07 bits per heavy atom. The molecule has 29 heavy (non-hydrogen) atoms. The average Bonchev–Trinajstić information content (AvgIpc) is 2.97. The van der Waals surface area contributed by atoms with Crippen LogP contribution >= 0.6 is 23.1 Å². The van der Waals surface area contributed by atoms with E-state index in [0.29, 0.717) is 16.3 Å². The number of thiophene rings is 1. The molecule has 0 amide bonds. The molecule has 148 valence electrons. The quantitative estimate of drug-likeness (QED) is 0.293. The number of halogens is 1. The highest BCUT2D eigenvalue weighted by Crippen LogP contribution is 2.31. The van der Waals surface area contributed by atoms with E-state index in [0.717, 1.165) is 32.1 Å². The molecule has 0 saturated heterocycles. The van der Waals surface area contributed by atoms with Crippen LogP contribution in [0, 0.1) is 33.5 Å². The molecular weight excluding hydrogens is 403 g/mol. The van der Waals surface area contributed by atoms with Crippen molar-refractivity contribution in [2.24, 2.45) is 0 Å². The number of benzene rings is 2. The predicted molar refractivity (Wildman–Crippen MR) is 120 cm³/mol. The highest BCUT2D eigenvalue weighted by molar-refractivity contribution is 7.98. The lowest BCUT2D eigenvalue weighted by Crippen LogP contribution is -2.21. The van der Waals surface area contributed by atoms with E-state index < -0.39 is 0 Å². The number of thioether (sulfide) groups is 1. The zero-order chi connectivity index (χ0) is 20.7. The van der Waals surface area contributed by atoms with Crippen molar-refractivity contribution in [3.05, 3.63) is 85.8 Å². The van der Waals surface area contributed by atoms with E-state index in [-0.39, 0.29) is 11.4 Å². The molecule has 0 radical (unpaired) electrons. The third kappa shape index (κ3) is 3.74. The molecule has 3 nitrogen and oxygen atoms in total. The van der Waals surface area contributed by atoms with Crippen molar-refractivity contribution >= 4 is 33.3 Å². The summed E-state index contributed by atoms with van der Waals surface area (Å²) in [6, 6.07) is 12.5. The largest absolute Gasteiger partial charge is 0.268 e. The molecule has 0 spiro atoms. The molecule has 0 unspecified atom stereocenters. The smallest absolute Gasteiger partial charge is 0.267 e. The Morgan fingerprint density at radius 3 is 2.59 bits per heavy atom. The molecule has 0 N–H and O–H groups in total. The Morgan fingerprint density at radius 2 is 1.86 bits per heavy atom. The van der Waals surface area contributed by atoms with Gasteiger partial charge in [0.2, 0.25) is 0 Å². The predicted octanol–water partition coefficient (Wildman–Crippen LogP) is 6.11. The van der Waals surface area contributed by atoms with Crippen molar-refractivity contribution in [3.8, 4) is 5.69 Å². The maximum Gasteiger partial charge on any atom is 0.267 e. The second-order valence-electron chi connectivity index (χ2n) is 7.19. The molecule has 2 heterocycles. The molecule has 2 aromatic carbocycles. The molecule has 4 aromatic rings. The minimum Gasteiger partial charge on any atom is -0.268 e. The number of nitrogens with zero attached hydrogens (tertiary/aromatic N) is 2. The third-order valence-electron chi connectivity index (χ3n) is 5.18. The zero-order valence-corrected chi connectivity index (χ0v) is 18.4. The molecule has 0 aliphatic carbocycles. The lowest BCUT2D eigenvalue weighted by atomic mass is 10.1. The molecule has 0 atom stereocenters. The van der Waals surface area contributed by atoms with Gasteiger partial charge in [-0.3, -0.25) is 9.36 Å². The van der Waals surface area contributed by atoms with Gasteiger partial charge in [-0.05, 0) is 74.2 Å².